The summed E-state index contributed by atoms with van der Waals surface area (Å²) < 4.78 is 0.806. The second kappa shape index (κ2) is 2.58. The summed E-state index contributed by atoms with van der Waals surface area (Å²) in [4.78, 5) is 0. The van der Waals surface area contributed by atoms with Crippen molar-refractivity contribution in [1.29, 1.82) is 0 Å². The molecule has 0 bridgehead atoms. The molecule has 1 rings (SSSR count). The lowest BCUT2D eigenvalue weighted by Crippen LogP contribution is -1.83. The molecule has 0 aliphatic rings. The lowest BCUT2D eigenvalue weighted by molar-refractivity contribution is 1.62. The van der Waals surface area contributed by atoms with E-state index in [-0.39, 0.29) is 0 Å². The average molecular weight is 205 g/mol. The predicted molar refractivity (Wildman–Crippen MR) is 42.4 cm³/mol. The zero-order valence-corrected chi connectivity index (χ0v) is 6.83. The van der Waals surface area contributed by atoms with Crippen molar-refractivity contribution < 1.29 is 0 Å². The normalized spacial score (nSPS) is 9.56. The van der Waals surface area contributed by atoms with Crippen LogP contribution in [0.3, 0.4) is 0 Å². The van der Waals surface area contributed by atoms with Crippen molar-refractivity contribution in [2.45, 2.75) is 0 Å². The van der Waals surface area contributed by atoms with Gasteiger partial charge in [-0.2, -0.15) is 0 Å². The molecule has 1 radical (unpaired) electrons. The third-order valence-corrected chi connectivity index (χ3v) is 2.07. The highest BCUT2D eigenvalue weighted by atomic mass is 79.9. The zero-order valence-electron chi connectivity index (χ0n) is 4.49. The first-order valence-corrected chi connectivity index (χ1v) is 3.49. The Labute approximate surface area is 66.9 Å². The number of benzene rings is 1. The Hall–Kier alpha value is -0.210. The van der Waals surface area contributed by atoms with Gasteiger partial charge in [0.05, 0.1) is 5.02 Å². The van der Waals surface area contributed by atoms with Gasteiger partial charge in [0.25, 0.3) is 0 Å². The van der Waals surface area contributed by atoms with Gasteiger partial charge in [-0.15, -0.1) is 0 Å². The minimum atomic E-state index is 0.589. The van der Waals surface area contributed by atoms with Crippen molar-refractivity contribution >= 4 is 33.2 Å². The first kappa shape index (κ1) is 6.90. The molecule has 0 saturated carbocycles. The Morgan fingerprint density at radius 3 is 2.78 bits per heavy atom. The van der Waals surface area contributed by atoms with Crippen LogP contribution in [0.25, 0.3) is 0 Å². The van der Waals surface area contributed by atoms with E-state index in [1.807, 2.05) is 0 Å². The number of hydrogen-bond donors (Lipinski definition) is 1. The third-order valence-electron chi connectivity index (χ3n) is 0.876. The monoisotopic (exact) mass is 204 g/mol. The van der Waals surface area contributed by atoms with Gasteiger partial charge in [0, 0.05) is 16.2 Å². The summed E-state index contributed by atoms with van der Waals surface area (Å²) in [6, 6.07) is 6.09. The summed E-state index contributed by atoms with van der Waals surface area (Å²) in [5, 5.41) is 0.629. The molecule has 1 aromatic rings. The fourth-order valence-corrected chi connectivity index (χ4v) is 0.933. The van der Waals surface area contributed by atoms with Gasteiger partial charge in [-0.3, -0.25) is 0 Å². The van der Waals surface area contributed by atoms with Crippen LogP contribution < -0.4 is 5.73 Å². The van der Waals surface area contributed by atoms with Gasteiger partial charge < -0.3 is 5.73 Å². The van der Waals surface area contributed by atoms with Crippen LogP contribution in [0.15, 0.2) is 16.6 Å². The minimum Gasteiger partial charge on any atom is -0.398 e. The van der Waals surface area contributed by atoms with E-state index in [1.165, 1.54) is 0 Å². The van der Waals surface area contributed by atoms with Crippen molar-refractivity contribution in [3.8, 4) is 0 Å². The summed E-state index contributed by atoms with van der Waals surface area (Å²) in [5.74, 6) is 0. The Morgan fingerprint density at radius 1 is 1.67 bits per heavy atom. The van der Waals surface area contributed by atoms with E-state index in [2.05, 4.69) is 22.0 Å². The summed E-state index contributed by atoms with van der Waals surface area (Å²) in [5.41, 5.74) is 5.97. The molecule has 3 heteroatoms. The average Bonchev–Trinajstić information content (AvgIpc) is 1.80. The molecular weight excluding hydrogens is 201 g/mol. The molecule has 0 fully saturated rings. The first-order valence-electron chi connectivity index (χ1n) is 2.32. The SMILES string of the molecule is Nc1[c]cc(Cl)c(Br)c1. The summed E-state index contributed by atoms with van der Waals surface area (Å²) >= 11 is 8.86. The van der Waals surface area contributed by atoms with Gasteiger partial charge in [0.1, 0.15) is 0 Å². The molecular formula is C6H4BrClN. The first-order chi connectivity index (χ1) is 4.20. The molecule has 1 aromatic carbocycles. The number of anilines is 1. The maximum Gasteiger partial charge on any atom is 0.0555 e. The van der Waals surface area contributed by atoms with E-state index in [0.717, 1.165) is 4.47 Å². The second-order valence-corrected chi connectivity index (χ2v) is 2.85. The minimum absolute atomic E-state index is 0.589. The zero-order chi connectivity index (χ0) is 6.85. The van der Waals surface area contributed by atoms with E-state index in [0.29, 0.717) is 10.7 Å². The topological polar surface area (TPSA) is 26.0 Å². The number of nitrogens with two attached hydrogens (primary N) is 1. The smallest absolute Gasteiger partial charge is 0.0555 e. The maximum atomic E-state index is 5.65. The molecule has 0 spiro atoms. The second-order valence-electron chi connectivity index (χ2n) is 1.58. The van der Waals surface area contributed by atoms with Crippen LogP contribution in [-0.2, 0) is 0 Å². The Morgan fingerprint density at radius 2 is 2.33 bits per heavy atom. The van der Waals surface area contributed by atoms with Crippen molar-refractivity contribution in [2.75, 3.05) is 5.73 Å². The maximum absolute atomic E-state index is 5.65. The molecule has 0 amide bonds. The molecule has 1 nitrogen and oxygen atoms in total. The molecule has 0 aliphatic carbocycles. The highest BCUT2D eigenvalue weighted by molar-refractivity contribution is 9.10. The van der Waals surface area contributed by atoms with E-state index in [9.17, 15) is 0 Å². The number of halogens is 2. The Balaban J connectivity index is 3.17. The van der Waals surface area contributed by atoms with Crippen LogP contribution in [0.5, 0.6) is 0 Å². The van der Waals surface area contributed by atoms with Gasteiger partial charge in [-0.25, -0.2) is 0 Å². The van der Waals surface area contributed by atoms with Crippen molar-refractivity contribution in [2.24, 2.45) is 0 Å². The molecule has 2 N–H and O–H groups in total. The summed E-state index contributed by atoms with van der Waals surface area (Å²) in [6.45, 7) is 0. The summed E-state index contributed by atoms with van der Waals surface area (Å²) in [6.07, 6.45) is 0. The summed E-state index contributed by atoms with van der Waals surface area (Å²) in [7, 11) is 0. The van der Waals surface area contributed by atoms with Crippen LogP contribution in [-0.4, -0.2) is 0 Å². The third kappa shape index (κ3) is 1.60. The van der Waals surface area contributed by atoms with Crippen LogP contribution in [0.2, 0.25) is 5.02 Å². The molecule has 0 saturated heterocycles. The standard InChI is InChI=1S/C6H4BrClN/c7-5-3-4(9)1-2-6(5)8/h2-3H,9H2. The lowest BCUT2D eigenvalue weighted by Gasteiger charge is -1.94. The Kier molecular flexibility index (Phi) is 1.98. The predicted octanol–water partition coefficient (Wildman–Crippen LogP) is 2.48. The highest BCUT2D eigenvalue weighted by Gasteiger charge is 1.94. The molecule has 0 aromatic heterocycles. The molecule has 0 unspecified atom stereocenters. The van der Waals surface area contributed by atoms with Crippen molar-refractivity contribution in [3.63, 3.8) is 0 Å². The number of hydrogen-bond acceptors (Lipinski definition) is 1. The number of nitrogen functional groups attached to an aromatic ring is 1. The van der Waals surface area contributed by atoms with Crippen LogP contribution in [0, 0.1) is 6.07 Å². The fraction of sp³-hybridized carbons (Fsp3) is 0. The van der Waals surface area contributed by atoms with Crippen LogP contribution in [0.4, 0.5) is 5.69 Å². The van der Waals surface area contributed by atoms with Crippen molar-refractivity contribution in [1.82, 2.24) is 0 Å². The van der Waals surface area contributed by atoms with E-state index in [4.69, 9.17) is 17.3 Å². The van der Waals surface area contributed by atoms with Gasteiger partial charge in [0.2, 0.25) is 0 Å². The van der Waals surface area contributed by atoms with E-state index in [1.54, 1.807) is 12.1 Å². The highest BCUT2D eigenvalue weighted by Crippen LogP contribution is 2.23. The molecule has 9 heavy (non-hydrogen) atoms. The van der Waals surface area contributed by atoms with Gasteiger partial charge in [0.15, 0.2) is 0 Å². The van der Waals surface area contributed by atoms with Crippen molar-refractivity contribution in [3.05, 3.63) is 27.7 Å². The lowest BCUT2D eigenvalue weighted by atomic mass is 10.3. The van der Waals surface area contributed by atoms with Gasteiger partial charge in [-0.1, -0.05) is 11.6 Å². The molecule has 0 atom stereocenters. The van der Waals surface area contributed by atoms with Gasteiger partial charge in [-0.05, 0) is 28.1 Å². The largest absolute Gasteiger partial charge is 0.398 e. The van der Waals surface area contributed by atoms with Crippen LogP contribution in [0.1, 0.15) is 0 Å². The Bertz CT molecular complexity index is 224. The van der Waals surface area contributed by atoms with E-state index < -0.39 is 0 Å². The quantitative estimate of drug-likeness (QED) is 0.647. The van der Waals surface area contributed by atoms with E-state index >= 15 is 0 Å². The molecule has 0 aliphatic heterocycles. The number of rotatable bonds is 0. The van der Waals surface area contributed by atoms with Gasteiger partial charge >= 0.3 is 0 Å². The van der Waals surface area contributed by atoms with Crippen LogP contribution >= 0.6 is 27.5 Å². The molecule has 0 heterocycles. The molecule has 47 valence electrons. The fourth-order valence-electron chi connectivity index (χ4n) is 0.463.